The number of hydrogen-bond donors (Lipinski definition) is 0. The Hall–Kier alpha value is -2.61. The van der Waals surface area contributed by atoms with Crippen molar-refractivity contribution < 1.29 is 14.0 Å². The molecule has 2 heterocycles. The van der Waals surface area contributed by atoms with Crippen LogP contribution in [0.3, 0.4) is 0 Å². The molecular formula is C18H14BrFN4O2. The fourth-order valence-electron chi connectivity index (χ4n) is 3.12. The summed E-state index contributed by atoms with van der Waals surface area (Å²) in [4.78, 5) is 26.6. The van der Waals surface area contributed by atoms with Gasteiger partial charge in [0.15, 0.2) is 12.1 Å². The van der Waals surface area contributed by atoms with E-state index in [0.717, 1.165) is 14.9 Å². The van der Waals surface area contributed by atoms with E-state index in [0.29, 0.717) is 11.3 Å². The normalized spacial score (nSPS) is 21.7. The summed E-state index contributed by atoms with van der Waals surface area (Å²) in [6, 6.07) is 8.02. The number of rotatable bonds is 2. The monoisotopic (exact) mass is 416 g/mol. The van der Waals surface area contributed by atoms with E-state index in [4.69, 9.17) is 0 Å². The molecule has 0 aromatic heterocycles. The molecule has 0 bridgehead atoms. The van der Waals surface area contributed by atoms with Crippen LogP contribution in [0.5, 0.6) is 0 Å². The van der Waals surface area contributed by atoms with Crippen LogP contribution in [-0.2, 0) is 9.59 Å². The highest BCUT2D eigenvalue weighted by atomic mass is 79.9. The minimum Gasteiger partial charge on any atom is -0.271 e. The first-order valence-electron chi connectivity index (χ1n) is 7.98. The van der Waals surface area contributed by atoms with Gasteiger partial charge in [-0.1, -0.05) is 27.2 Å². The molecule has 1 fully saturated rings. The number of hydrogen-bond acceptors (Lipinski definition) is 5. The van der Waals surface area contributed by atoms with Crippen LogP contribution in [0.2, 0.25) is 0 Å². The molecule has 0 radical (unpaired) electrons. The molecule has 2 atom stereocenters. The maximum atomic E-state index is 13.9. The molecule has 0 unspecified atom stereocenters. The zero-order chi connectivity index (χ0) is 18.6. The molecule has 2 aliphatic rings. The maximum Gasteiger partial charge on any atom is 0.263 e. The van der Waals surface area contributed by atoms with E-state index >= 15 is 0 Å². The van der Waals surface area contributed by atoms with Crippen molar-refractivity contribution in [3.8, 4) is 0 Å². The van der Waals surface area contributed by atoms with Gasteiger partial charge in [0, 0.05) is 4.47 Å². The van der Waals surface area contributed by atoms with E-state index < -0.39 is 29.7 Å². The number of benzene rings is 2. The van der Waals surface area contributed by atoms with Gasteiger partial charge in [-0.3, -0.25) is 9.59 Å². The van der Waals surface area contributed by atoms with Gasteiger partial charge in [-0.2, -0.15) is 5.11 Å². The quantitative estimate of drug-likeness (QED) is 0.700. The Balaban J connectivity index is 1.71. The Morgan fingerprint density at radius 3 is 2.42 bits per heavy atom. The number of anilines is 2. The average Bonchev–Trinajstić information content (AvgIpc) is 3.14. The van der Waals surface area contributed by atoms with Crippen molar-refractivity contribution in [3.63, 3.8) is 0 Å². The molecule has 2 aromatic rings. The molecule has 2 aliphatic heterocycles. The number of fused-ring (bicyclic) bond motifs is 1. The molecule has 1 saturated heterocycles. The lowest BCUT2D eigenvalue weighted by molar-refractivity contribution is -0.121. The highest BCUT2D eigenvalue weighted by Crippen LogP contribution is 2.36. The van der Waals surface area contributed by atoms with Crippen LogP contribution in [0.1, 0.15) is 11.1 Å². The second-order valence-corrected chi connectivity index (χ2v) is 7.17. The van der Waals surface area contributed by atoms with Gasteiger partial charge in [-0.15, -0.1) is 0 Å². The molecule has 0 saturated carbocycles. The van der Waals surface area contributed by atoms with Gasteiger partial charge in [-0.05, 0) is 55.3 Å². The van der Waals surface area contributed by atoms with E-state index in [9.17, 15) is 14.0 Å². The number of halogens is 2. The van der Waals surface area contributed by atoms with Crippen LogP contribution in [0.15, 0.2) is 51.2 Å². The van der Waals surface area contributed by atoms with Crippen molar-refractivity contribution in [3.05, 3.63) is 57.8 Å². The fourth-order valence-corrected chi connectivity index (χ4v) is 3.37. The Morgan fingerprint density at radius 2 is 1.73 bits per heavy atom. The number of amides is 2. The first-order chi connectivity index (χ1) is 12.4. The predicted octanol–water partition coefficient (Wildman–Crippen LogP) is 3.70. The Labute approximate surface area is 157 Å². The van der Waals surface area contributed by atoms with Crippen LogP contribution in [0.25, 0.3) is 0 Å². The molecule has 132 valence electrons. The van der Waals surface area contributed by atoms with Crippen molar-refractivity contribution in [2.45, 2.75) is 25.9 Å². The molecule has 0 spiro atoms. The highest BCUT2D eigenvalue weighted by molar-refractivity contribution is 9.10. The minimum atomic E-state index is -0.921. The molecule has 0 N–H and O–H groups in total. The fraction of sp³-hybridized carbons (Fsp3) is 0.222. The van der Waals surface area contributed by atoms with Crippen LogP contribution < -0.4 is 9.91 Å². The SMILES string of the molecule is Cc1ccc(N2C(=O)[C@@H]3N=NN(c4ccc(Br)c(C)c4)[C@H]3C2=O)cc1F. The van der Waals surface area contributed by atoms with E-state index in [1.165, 1.54) is 17.1 Å². The zero-order valence-electron chi connectivity index (χ0n) is 14.0. The first-order valence-corrected chi connectivity index (χ1v) is 8.78. The topological polar surface area (TPSA) is 65.3 Å². The van der Waals surface area contributed by atoms with Crippen LogP contribution in [0.4, 0.5) is 15.8 Å². The van der Waals surface area contributed by atoms with Gasteiger partial charge < -0.3 is 0 Å². The summed E-state index contributed by atoms with van der Waals surface area (Å²) in [6.07, 6.45) is 0. The number of nitrogens with zero attached hydrogens (tertiary/aromatic N) is 4. The molecule has 6 nitrogen and oxygen atoms in total. The number of aryl methyl sites for hydroxylation is 2. The molecule has 26 heavy (non-hydrogen) atoms. The third kappa shape index (κ3) is 2.44. The standard InChI is InChI=1S/C18H14BrFN4O2/c1-9-3-4-11(8-14(9)20)23-17(25)15-16(18(23)26)24(22-21-15)12-5-6-13(19)10(2)7-12/h3-8,15-16H,1-2H3/t15-,16-/m1/s1. The summed E-state index contributed by atoms with van der Waals surface area (Å²) in [5.74, 6) is -1.43. The second-order valence-electron chi connectivity index (χ2n) is 6.32. The largest absolute Gasteiger partial charge is 0.271 e. The first kappa shape index (κ1) is 16.8. The van der Waals surface area contributed by atoms with Crippen molar-refractivity contribution in [1.29, 1.82) is 0 Å². The minimum absolute atomic E-state index is 0.208. The van der Waals surface area contributed by atoms with Crippen molar-refractivity contribution in [2.24, 2.45) is 10.3 Å². The molecule has 4 rings (SSSR count). The molecule has 2 aromatic carbocycles. The zero-order valence-corrected chi connectivity index (χ0v) is 15.6. The van der Waals surface area contributed by atoms with Gasteiger partial charge in [0.25, 0.3) is 11.8 Å². The predicted molar refractivity (Wildman–Crippen MR) is 97.4 cm³/mol. The van der Waals surface area contributed by atoms with Crippen LogP contribution >= 0.6 is 15.9 Å². The Kier molecular flexibility index (Phi) is 3.87. The van der Waals surface area contributed by atoms with E-state index in [-0.39, 0.29) is 5.69 Å². The molecule has 8 heteroatoms. The van der Waals surface area contributed by atoms with E-state index in [1.807, 2.05) is 19.1 Å². The summed E-state index contributed by atoms with van der Waals surface area (Å²) in [5, 5.41) is 9.46. The molecular weight excluding hydrogens is 403 g/mol. The van der Waals surface area contributed by atoms with Crippen molar-refractivity contribution >= 4 is 39.1 Å². The third-order valence-corrected chi connectivity index (χ3v) is 5.49. The lowest BCUT2D eigenvalue weighted by atomic mass is 10.1. The van der Waals surface area contributed by atoms with Crippen LogP contribution in [0, 0.1) is 19.7 Å². The lowest BCUT2D eigenvalue weighted by Gasteiger charge is -2.21. The summed E-state index contributed by atoms with van der Waals surface area (Å²) < 4.78 is 14.8. The van der Waals surface area contributed by atoms with E-state index in [2.05, 4.69) is 26.3 Å². The smallest absolute Gasteiger partial charge is 0.263 e. The second kappa shape index (κ2) is 5.98. The van der Waals surface area contributed by atoms with Gasteiger partial charge in [0.1, 0.15) is 5.82 Å². The van der Waals surface area contributed by atoms with Crippen LogP contribution in [-0.4, -0.2) is 23.9 Å². The van der Waals surface area contributed by atoms with E-state index in [1.54, 1.807) is 19.1 Å². The van der Waals surface area contributed by atoms with Gasteiger partial charge in [0.05, 0.1) is 11.4 Å². The molecule has 2 amide bonds. The summed E-state index contributed by atoms with van der Waals surface area (Å²) in [5.41, 5.74) is 2.29. The lowest BCUT2D eigenvalue weighted by Crippen LogP contribution is -2.40. The maximum absolute atomic E-state index is 13.9. The van der Waals surface area contributed by atoms with Gasteiger partial charge >= 0.3 is 0 Å². The third-order valence-electron chi connectivity index (χ3n) is 4.60. The summed E-state index contributed by atoms with van der Waals surface area (Å²) >= 11 is 3.43. The summed E-state index contributed by atoms with van der Waals surface area (Å²) in [6.45, 7) is 3.54. The van der Waals surface area contributed by atoms with Crippen molar-refractivity contribution in [1.82, 2.24) is 0 Å². The van der Waals surface area contributed by atoms with Gasteiger partial charge in [-0.25, -0.2) is 14.3 Å². The average molecular weight is 417 g/mol. The summed E-state index contributed by atoms with van der Waals surface area (Å²) in [7, 11) is 0. The number of carbonyl (C=O) groups excluding carboxylic acids is 2. The number of imide groups is 1. The number of carbonyl (C=O) groups is 2. The van der Waals surface area contributed by atoms with Gasteiger partial charge in [0.2, 0.25) is 0 Å². The molecule has 0 aliphatic carbocycles. The highest BCUT2D eigenvalue weighted by Gasteiger charge is 2.55. The van der Waals surface area contributed by atoms with Crippen molar-refractivity contribution in [2.75, 3.05) is 9.91 Å². The Morgan fingerprint density at radius 1 is 1.00 bits per heavy atom. The Bertz CT molecular complexity index is 978.